The van der Waals surface area contributed by atoms with E-state index in [0.29, 0.717) is 6.42 Å². The lowest BCUT2D eigenvalue weighted by molar-refractivity contribution is -0.359. The molecule has 2 aliphatic rings. The number of nitrogens with one attached hydrogen (secondary N) is 1. The number of allylic oxidation sites excluding steroid dienone is 11. The molecule has 0 aromatic heterocycles. The third-order valence-electron chi connectivity index (χ3n) is 18.6. The lowest BCUT2D eigenvalue weighted by atomic mass is 9.97. The zero-order chi connectivity index (χ0) is 67.3. The summed E-state index contributed by atoms with van der Waals surface area (Å²) in [5, 5.41) is 87.6. The van der Waals surface area contributed by atoms with Crippen LogP contribution in [-0.4, -0.2) is 140 Å². The first-order chi connectivity index (χ1) is 45.6. The number of hydrogen-bond donors (Lipinski definition) is 9. The Balaban J connectivity index is 1.64. The van der Waals surface area contributed by atoms with Crippen LogP contribution in [0.2, 0.25) is 0 Å². The minimum absolute atomic E-state index is 0.241. The number of hydrogen-bond acceptors (Lipinski definition) is 13. The molecule has 9 N–H and O–H groups in total. The third kappa shape index (κ3) is 46.4. The Morgan fingerprint density at radius 1 is 0.398 bits per heavy atom. The summed E-state index contributed by atoms with van der Waals surface area (Å²) in [6, 6.07) is -0.922. The molecule has 0 saturated carbocycles. The van der Waals surface area contributed by atoms with E-state index in [1.54, 1.807) is 6.08 Å². The monoisotopic (exact) mass is 1310 g/mol. The Kier molecular flexibility index (Phi) is 58.5. The second kappa shape index (κ2) is 62.9. The van der Waals surface area contributed by atoms with Crippen molar-refractivity contribution in [2.45, 2.75) is 402 Å². The standard InChI is InChI=1S/C79H143NO13/c1-3-5-7-9-11-13-15-17-19-21-23-25-27-29-31-32-33-34-35-37-38-40-42-44-46-48-50-52-54-56-58-60-62-68(83)67(66-90-78-76(89)74(87)77(70(65-82)92-78)93-79-75(88)73(86)72(85)69(64-81)91-79)80-71(84)63-61-59-57-55-53-51-49-47-45-43-41-39-36-30-28-26-24-22-20-18-16-14-12-10-8-6-4-2/h6,8,12,14,18,20,24,26,30,36,60,62,67-70,72-79,81-83,85-89H,3-5,7,9-11,13,15-17,19,21-23,25,27-29,31-35,37-59,61,63-66H2,1-2H3,(H,80,84)/b8-6-,14-12-,20-18-,26-24-,36-30-,62-60+. The number of aliphatic hydroxyl groups excluding tert-OH is 8. The van der Waals surface area contributed by atoms with Gasteiger partial charge in [0.2, 0.25) is 5.91 Å². The summed E-state index contributed by atoms with van der Waals surface area (Å²) in [7, 11) is 0. The summed E-state index contributed by atoms with van der Waals surface area (Å²) < 4.78 is 22.9. The van der Waals surface area contributed by atoms with Gasteiger partial charge in [0.1, 0.15) is 48.8 Å². The maximum Gasteiger partial charge on any atom is 0.220 e. The number of ether oxygens (including phenoxy) is 4. The van der Waals surface area contributed by atoms with E-state index in [0.717, 1.165) is 77.0 Å². The highest BCUT2D eigenvalue weighted by molar-refractivity contribution is 5.76. The second-order valence-electron chi connectivity index (χ2n) is 27.1. The molecule has 2 fully saturated rings. The number of rotatable bonds is 64. The van der Waals surface area contributed by atoms with Crippen LogP contribution in [0.4, 0.5) is 0 Å². The molecule has 0 aromatic carbocycles. The van der Waals surface area contributed by atoms with E-state index in [9.17, 15) is 45.6 Å². The van der Waals surface area contributed by atoms with Crippen molar-refractivity contribution in [3.05, 3.63) is 72.9 Å². The molecule has 12 atom stereocenters. The topological polar surface area (TPSA) is 228 Å². The van der Waals surface area contributed by atoms with Gasteiger partial charge < -0.3 is 65.1 Å². The fraction of sp³-hybridized carbons (Fsp3) is 0.835. The first-order valence-electron chi connectivity index (χ1n) is 38.7. The van der Waals surface area contributed by atoms with E-state index < -0.39 is 86.8 Å². The molecular formula is C79H143NO13. The summed E-state index contributed by atoms with van der Waals surface area (Å²) in [5.41, 5.74) is 0. The maximum absolute atomic E-state index is 13.4. The first kappa shape index (κ1) is 86.5. The van der Waals surface area contributed by atoms with Crippen molar-refractivity contribution in [3.8, 4) is 0 Å². The molecule has 2 saturated heterocycles. The van der Waals surface area contributed by atoms with Gasteiger partial charge in [-0.1, -0.05) is 331 Å². The minimum Gasteiger partial charge on any atom is -0.394 e. The maximum atomic E-state index is 13.4. The molecule has 0 bridgehead atoms. The van der Waals surface area contributed by atoms with Crippen molar-refractivity contribution in [1.82, 2.24) is 5.32 Å². The van der Waals surface area contributed by atoms with Crippen LogP contribution in [0, 0.1) is 0 Å². The largest absolute Gasteiger partial charge is 0.394 e. The van der Waals surface area contributed by atoms with Gasteiger partial charge in [-0.05, 0) is 64.2 Å². The van der Waals surface area contributed by atoms with Crippen LogP contribution in [0.25, 0.3) is 0 Å². The molecule has 0 aliphatic carbocycles. The molecule has 0 spiro atoms. The summed E-state index contributed by atoms with van der Waals surface area (Å²) >= 11 is 0. The van der Waals surface area contributed by atoms with E-state index in [1.807, 2.05) is 6.08 Å². The number of unbranched alkanes of at least 4 members (excludes halogenated alkanes) is 41. The second-order valence-corrected chi connectivity index (χ2v) is 27.1. The van der Waals surface area contributed by atoms with Crippen LogP contribution in [0.1, 0.15) is 328 Å². The Morgan fingerprint density at radius 2 is 0.742 bits per heavy atom. The highest BCUT2D eigenvalue weighted by Gasteiger charge is 2.51. The van der Waals surface area contributed by atoms with Gasteiger partial charge in [-0.15, -0.1) is 0 Å². The smallest absolute Gasteiger partial charge is 0.220 e. The predicted molar refractivity (Wildman–Crippen MR) is 383 cm³/mol. The van der Waals surface area contributed by atoms with Gasteiger partial charge in [-0.25, -0.2) is 0 Å². The van der Waals surface area contributed by atoms with Gasteiger partial charge in [0, 0.05) is 6.42 Å². The molecular weight excluding hydrogens is 1170 g/mol. The normalized spacial score (nSPS) is 22.9. The lowest BCUT2D eigenvalue weighted by Gasteiger charge is -2.46. The van der Waals surface area contributed by atoms with Crippen LogP contribution in [0.3, 0.4) is 0 Å². The van der Waals surface area contributed by atoms with E-state index in [2.05, 4.69) is 79.9 Å². The van der Waals surface area contributed by atoms with Crippen molar-refractivity contribution in [3.63, 3.8) is 0 Å². The van der Waals surface area contributed by atoms with Crippen molar-refractivity contribution in [1.29, 1.82) is 0 Å². The summed E-state index contributed by atoms with van der Waals surface area (Å²) in [5.74, 6) is -0.241. The zero-order valence-corrected chi connectivity index (χ0v) is 59.2. The van der Waals surface area contributed by atoms with E-state index in [4.69, 9.17) is 18.9 Å². The zero-order valence-electron chi connectivity index (χ0n) is 59.2. The highest BCUT2D eigenvalue weighted by atomic mass is 16.7. The third-order valence-corrected chi connectivity index (χ3v) is 18.6. The average Bonchev–Trinajstić information content (AvgIpc) is 0.854. The number of aliphatic hydroxyl groups is 8. The van der Waals surface area contributed by atoms with Gasteiger partial charge in [-0.2, -0.15) is 0 Å². The van der Waals surface area contributed by atoms with Crippen LogP contribution in [-0.2, 0) is 23.7 Å². The number of carbonyl (C=O) groups excluding carboxylic acids is 1. The fourth-order valence-electron chi connectivity index (χ4n) is 12.6. The highest BCUT2D eigenvalue weighted by Crippen LogP contribution is 2.30. The Hall–Kier alpha value is -2.57. The van der Waals surface area contributed by atoms with Crippen LogP contribution in [0.15, 0.2) is 72.9 Å². The van der Waals surface area contributed by atoms with E-state index in [1.165, 1.54) is 225 Å². The SMILES string of the molecule is CC/C=C\C/C=C\C/C=C\C/C=C\C/C=C\CCCCCCCCCCCCCC(=O)NC(COC1OC(CO)C(OC2OC(CO)C(O)C(O)C2O)C(O)C1O)C(O)/C=C/CCCCCCCCCCCCCCCCCCCCCCCCCCCCCCCC. The number of amides is 1. The molecule has 0 aromatic rings. The van der Waals surface area contributed by atoms with E-state index >= 15 is 0 Å². The van der Waals surface area contributed by atoms with Gasteiger partial charge in [0.15, 0.2) is 12.6 Å². The van der Waals surface area contributed by atoms with Crippen molar-refractivity contribution in [2.24, 2.45) is 0 Å². The summed E-state index contributed by atoms with van der Waals surface area (Å²) in [4.78, 5) is 13.4. The predicted octanol–water partition coefficient (Wildman–Crippen LogP) is 17.0. The molecule has 93 heavy (non-hydrogen) atoms. The molecule has 542 valence electrons. The Bertz CT molecular complexity index is 1840. The van der Waals surface area contributed by atoms with Crippen molar-refractivity contribution >= 4 is 5.91 Å². The molecule has 2 aliphatic heterocycles. The molecule has 14 nitrogen and oxygen atoms in total. The number of carbonyl (C=O) groups is 1. The van der Waals surface area contributed by atoms with Gasteiger partial charge in [0.25, 0.3) is 0 Å². The van der Waals surface area contributed by atoms with Gasteiger partial charge in [0.05, 0.1) is 32.0 Å². The van der Waals surface area contributed by atoms with Crippen LogP contribution < -0.4 is 5.32 Å². The van der Waals surface area contributed by atoms with Gasteiger partial charge >= 0.3 is 0 Å². The summed E-state index contributed by atoms with van der Waals surface area (Å²) in [6.45, 7) is 2.73. The molecule has 0 radical (unpaired) electrons. The Labute approximate surface area is 568 Å². The summed E-state index contributed by atoms with van der Waals surface area (Å²) in [6.07, 6.45) is 69.7. The molecule has 14 heteroatoms. The van der Waals surface area contributed by atoms with E-state index in [-0.39, 0.29) is 18.9 Å². The van der Waals surface area contributed by atoms with Crippen LogP contribution >= 0.6 is 0 Å². The molecule has 1 amide bonds. The van der Waals surface area contributed by atoms with Crippen molar-refractivity contribution < 1.29 is 64.6 Å². The fourth-order valence-corrected chi connectivity index (χ4v) is 12.6. The van der Waals surface area contributed by atoms with Crippen molar-refractivity contribution in [2.75, 3.05) is 19.8 Å². The molecule has 2 rings (SSSR count). The van der Waals surface area contributed by atoms with Crippen LogP contribution in [0.5, 0.6) is 0 Å². The Morgan fingerprint density at radius 3 is 1.14 bits per heavy atom. The van der Waals surface area contributed by atoms with Gasteiger partial charge in [-0.3, -0.25) is 4.79 Å². The first-order valence-corrected chi connectivity index (χ1v) is 38.7. The lowest BCUT2D eigenvalue weighted by Crippen LogP contribution is -2.65. The quantitative estimate of drug-likeness (QED) is 0.0204. The molecule has 12 unspecified atom stereocenters. The average molecular weight is 1320 g/mol. The molecule has 2 heterocycles. The minimum atomic E-state index is -1.79.